The summed E-state index contributed by atoms with van der Waals surface area (Å²) in [4.78, 5) is 12.1. The van der Waals surface area contributed by atoms with Crippen molar-refractivity contribution >= 4 is 33.6 Å². The number of hydrogen-bond acceptors (Lipinski definition) is 3. The monoisotopic (exact) mass is 388 g/mol. The topological polar surface area (TPSA) is 52.9 Å². The van der Waals surface area contributed by atoms with Crippen molar-refractivity contribution in [3.63, 3.8) is 0 Å². The van der Waals surface area contributed by atoms with Gasteiger partial charge in [-0.25, -0.2) is 0 Å². The van der Waals surface area contributed by atoms with Crippen molar-refractivity contribution in [1.29, 1.82) is 5.26 Å². The quantitative estimate of drug-likeness (QED) is 0.795. The minimum atomic E-state index is -0.0411. The van der Waals surface area contributed by atoms with E-state index in [0.717, 1.165) is 15.6 Å². The largest absolute Gasteiger partial charge is 0.349 e. The van der Waals surface area contributed by atoms with Gasteiger partial charge < -0.3 is 5.32 Å². The van der Waals surface area contributed by atoms with Crippen molar-refractivity contribution in [2.75, 3.05) is 5.75 Å². The summed E-state index contributed by atoms with van der Waals surface area (Å²) >= 11 is 5.04. The number of amides is 1. The van der Waals surface area contributed by atoms with E-state index >= 15 is 0 Å². The van der Waals surface area contributed by atoms with Gasteiger partial charge in [-0.05, 0) is 36.2 Å². The molecular weight excluding hydrogens is 372 g/mol. The standard InChI is InChI=1S/C18H17BrN2OS/c1-13(16-7-2-3-8-17(16)19)21-18(22)12-23-11-15-6-4-5-14(9-15)10-20/h2-9,13H,11-12H2,1H3,(H,21,22)/t13-/m0/s1. The number of nitrogens with one attached hydrogen (secondary N) is 1. The van der Waals surface area contributed by atoms with Gasteiger partial charge in [0.25, 0.3) is 0 Å². The van der Waals surface area contributed by atoms with Crippen molar-refractivity contribution in [2.24, 2.45) is 0 Å². The minimum absolute atomic E-state index is 0.00897. The lowest BCUT2D eigenvalue weighted by Crippen LogP contribution is -2.28. The first kappa shape index (κ1) is 17.6. The van der Waals surface area contributed by atoms with Gasteiger partial charge in [0.05, 0.1) is 23.4 Å². The summed E-state index contributed by atoms with van der Waals surface area (Å²) in [6, 6.07) is 17.4. The highest BCUT2D eigenvalue weighted by molar-refractivity contribution is 9.10. The van der Waals surface area contributed by atoms with E-state index in [0.29, 0.717) is 17.1 Å². The summed E-state index contributed by atoms with van der Waals surface area (Å²) in [6.45, 7) is 1.97. The zero-order chi connectivity index (χ0) is 16.7. The van der Waals surface area contributed by atoms with Crippen molar-refractivity contribution in [3.05, 3.63) is 69.7 Å². The van der Waals surface area contributed by atoms with Crippen LogP contribution in [0.5, 0.6) is 0 Å². The molecule has 2 aromatic carbocycles. The lowest BCUT2D eigenvalue weighted by atomic mass is 10.1. The van der Waals surface area contributed by atoms with Crippen LogP contribution >= 0.6 is 27.7 Å². The lowest BCUT2D eigenvalue weighted by molar-refractivity contribution is -0.119. The Morgan fingerprint density at radius 2 is 2.09 bits per heavy atom. The predicted molar refractivity (Wildman–Crippen MR) is 98.0 cm³/mol. The summed E-state index contributed by atoms with van der Waals surface area (Å²) < 4.78 is 0.994. The molecule has 0 aliphatic heterocycles. The van der Waals surface area contributed by atoms with Crippen molar-refractivity contribution < 1.29 is 4.79 Å². The van der Waals surface area contributed by atoms with E-state index < -0.39 is 0 Å². The molecule has 0 spiro atoms. The number of thioether (sulfide) groups is 1. The number of nitriles is 1. The Labute approximate surface area is 149 Å². The second-order valence-corrected chi connectivity index (χ2v) is 6.96. The molecule has 0 saturated heterocycles. The molecule has 0 aliphatic carbocycles. The number of halogens is 1. The molecular formula is C18H17BrN2OS. The maximum absolute atomic E-state index is 12.1. The van der Waals surface area contributed by atoms with E-state index in [-0.39, 0.29) is 11.9 Å². The predicted octanol–water partition coefficient (Wildman–Crippen LogP) is 4.43. The first-order valence-corrected chi connectivity index (χ1v) is 9.15. The molecule has 0 unspecified atom stereocenters. The zero-order valence-electron chi connectivity index (χ0n) is 12.8. The number of carbonyl (C=O) groups is 1. The van der Waals surface area contributed by atoms with Gasteiger partial charge >= 0.3 is 0 Å². The number of hydrogen-bond donors (Lipinski definition) is 1. The Kier molecular flexibility index (Phi) is 6.69. The van der Waals surface area contributed by atoms with Crippen molar-refractivity contribution in [1.82, 2.24) is 5.32 Å². The number of rotatable bonds is 6. The van der Waals surface area contributed by atoms with Crippen molar-refractivity contribution in [3.8, 4) is 6.07 Å². The fraction of sp³-hybridized carbons (Fsp3) is 0.222. The first-order valence-electron chi connectivity index (χ1n) is 7.20. The highest BCUT2D eigenvalue weighted by atomic mass is 79.9. The molecule has 23 heavy (non-hydrogen) atoms. The van der Waals surface area contributed by atoms with Crippen LogP contribution < -0.4 is 5.32 Å². The molecule has 1 atom stereocenters. The van der Waals surface area contributed by atoms with Gasteiger partial charge in [-0.2, -0.15) is 5.26 Å². The summed E-state index contributed by atoms with van der Waals surface area (Å²) in [5.41, 5.74) is 2.77. The van der Waals surface area contributed by atoms with Crippen LogP contribution in [0.3, 0.4) is 0 Å². The fourth-order valence-corrected chi connectivity index (χ4v) is 3.59. The van der Waals surface area contributed by atoms with Gasteiger partial charge in [0.2, 0.25) is 5.91 Å². The third-order valence-electron chi connectivity index (χ3n) is 3.31. The average Bonchev–Trinajstić information content (AvgIpc) is 2.55. The molecule has 118 valence electrons. The second-order valence-electron chi connectivity index (χ2n) is 5.12. The molecule has 0 heterocycles. The highest BCUT2D eigenvalue weighted by Crippen LogP contribution is 2.23. The van der Waals surface area contributed by atoms with E-state index in [4.69, 9.17) is 5.26 Å². The molecule has 0 aromatic heterocycles. The fourth-order valence-electron chi connectivity index (χ4n) is 2.18. The summed E-state index contributed by atoms with van der Waals surface area (Å²) in [7, 11) is 0. The van der Waals surface area contributed by atoms with Crippen LogP contribution in [0.25, 0.3) is 0 Å². The van der Waals surface area contributed by atoms with Crippen LogP contribution in [0.1, 0.15) is 29.7 Å². The van der Waals surface area contributed by atoms with Gasteiger partial charge in [-0.1, -0.05) is 46.3 Å². The van der Waals surface area contributed by atoms with Crippen LogP contribution in [0, 0.1) is 11.3 Å². The Morgan fingerprint density at radius 1 is 1.30 bits per heavy atom. The van der Waals surface area contributed by atoms with E-state index in [1.807, 2.05) is 49.4 Å². The SMILES string of the molecule is C[C@H](NC(=O)CSCc1cccc(C#N)c1)c1ccccc1Br. The molecule has 0 fully saturated rings. The molecule has 0 saturated carbocycles. The third-order valence-corrected chi connectivity index (χ3v) is 5.03. The maximum atomic E-state index is 12.1. The smallest absolute Gasteiger partial charge is 0.230 e. The van der Waals surface area contributed by atoms with E-state index in [2.05, 4.69) is 27.3 Å². The molecule has 1 N–H and O–H groups in total. The van der Waals surface area contributed by atoms with Crippen molar-refractivity contribution in [2.45, 2.75) is 18.7 Å². The average molecular weight is 389 g/mol. The molecule has 5 heteroatoms. The molecule has 2 aromatic rings. The van der Waals surface area contributed by atoms with E-state index in [1.54, 1.807) is 17.8 Å². The Bertz CT molecular complexity index is 727. The summed E-state index contributed by atoms with van der Waals surface area (Å²) in [5, 5.41) is 11.9. The van der Waals surface area contributed by atoms with Crippen LogP contribution in [-0.4, -0.2) is 11.7 Å². The number of nitrogens with zero attached hydrogens (tertiary/aromatic N) is 1. The zero-order valence-corrected chi connectivity index (χ0v) is 15.2. The van der Waals surface area contributed by atoms with E-state index in [9.17, 15) is 4.79 Å². The Hall–Kier alpha value is -1.77. The number of benzene rings is 2. The summed E-state index contributed by atoms with van der Waals surface area (Å²) in [6.07, 6.45) is 0. The molecule has 0 aliphatic rings. The van der Waals surface area contributed by atoms with Crippen LogP contribution in [0.2, 0.25) is 0 Å². The Morgan fingerprint density at radius 3 is 2.83 bits per heavy atom. The first-order chi connectivity index (χ1) is 11.1. The van der Waals surface area contributed by atoms with Crippen LogP contribution in [-0.2, 0) is 10.5 Å². The molecule has 0 bridgehead atoms. The highest BCUT2D eigenvalue weighted by Gasteiger charge is 2.11. The molecule has 1 amide bonds. The summed E-state index contributed by atoms with van der Waals surface area (Å²) in [5.74, 6) is 1.12. The minimum Gasteiger partial charge on any atom is -0.349 e. The third kappa shape index (κ3) is 5.42. The van der Waals surface area contributed by atoms with Crippen LogP contribution in [0.4, 0.5) is 0 Å². The lowest BCUT2D eigenvalue weighted by Gasteiger charge is -2.15. The van der Waals surface area contributed by atoms with Gasteiger partial charge in [0, 0.05) is 10.2 Å². The number of carbonyl (C=O) groups excluding carboxylic acids is 1. The normalized spacial score (nSPS) is 11.5. The van der Waals surface area contributed by atoms with Crippen LogP contribution in [0.15, 0.2) is 53.0 Å². The van der Waals surface area contributed by atoms with Gasteiger partial charge in [0.1, 0.15) is 0 Å². The Balaban J connectivity index is 1.81. The molecule has 0 radical (unpaired) electrons. The van der Waals surface area contributed by atoms with Gasteiger partial charge in [0.15, 0.2) is 0 Å². The second kappa shape index (κ2) is 8.76. The molecule has 2 rings (SSSR count). The van der Waals surface area contributed by atoms with Gasteiger partial charge in [-0.15, -0.1) is 11.8 Å². The maximum Gasteiger partial charge on any atom is 0.230 e. The van der Waals surface area contributed by atoms with Gasteiger partial charge in [-0.3, -0.25) is 4.79 Å². The van der Waals surface area contributed by atoms with E-state index in [1.165, 1.54) is 0 Å². The molecule has 3 nitrogen and oxygen atoms in total.